The van der Waals surface area contributed by atoms with E-state index < -0.39 is 10.1 Å². The predicted molar refractivity (Wildman–Crippen MR) is 56.7 cm³/mol. The van der Waals surface area contributed by atoms with Crippen LogP contribution in [0.5, 0.6) is 11.5 Å². The summed E-state index contributed by atoms with van der Waals surface area (Å²) < 4.78 is 43.2. The Hall–Kier alpha value is -0.270. The van der Waals surface area contributed by atoms with Crippen molar-refractivity contribution in [2.24, 2.45) is 0 Å². The minimum Gasteiger partial charge on any atom is -0.744 e. The third kappa shape index (κ3) is 4.85. The minimum atomic E-state index is -4.55. The van der Waals surface area contributed by atoms with Crippen molar-refractivity contribution in [3.05, 3.63) is 18.2 Å². The molecular weight excluding hydrogens is 255 g/mol. The summed E-state index contributed by atoms with van der Waals surface area (Å²) in [4.78, 5) is -0.389. The first-order valence-corrected chi connectivity index (χ1v) is 6.25. The van der Waals surface area contributed by atoms with Crippen molar-refractivity contribution in [2.75, 3.05) is 13.2 Å². The molecule has 7 heteroatoms. The summed E-state index contributed by atoms with van der Waals surface area (Å²) in [6.07, 6.45) is 0. The van der Waals surface area contributed by atoms with E-state index in [0.29, 0.717) is 12.4 Å². The van der Waals surface area contributed by atoms with Crippen LogP contribution >= 0.6 is 0 Å². The van der Waals surface area contributed by atoms with Gasteiger partial charge in [0.05, 0.1) is 18.1 Å². The maximum absolute atomic E-state index is 11.0. The molecule has 17 heavy (non-hydrogen) atoms. The summed E-state index contributed by atoms with van der Waals surface area (Å²) >= 11 is 0. The first kappa shape index (κ1) is 16.7. The summed E-state index contributed by atoms with van der Waals surface area (Å²) in [7, 11) is -4.55. The normalized spacial score (nSPS) is 10.5. The fourth-order valence-corrected chi connectivity index (χ4v) is 1.85. The zero-order valence-corrected chi connectivity index (χ0v) is 12.9. The van der Waals surface area contributed by atoms with Gasteiger partial charge in [0.1, 0.15) is 21.6 Å². The van der Waals surface area contributed by atoms with Gasteiger partial charge in [0.15, 0.2) is 0 Å². The number of hydrogen-bond donors (Lipinski definition) is 0. The van der Waals surface area contributed by atoms with E-state index in [0.717, 1.165) is 0 Å². The van der Waals surface area contributed by atoms with Crippen molar-refractivity contribution in [2.45, 2.75) is 18.7 Å². The monoisotopic (exact) mass is 268 g/mol. The van der Waals surface area contributed by atoms with Crippen LogP contribution in [-0.4, -0.2) is 26.2 Å². The molecule has 0 N–H and O–H groups in total. The molecule has 0 aliphatic heterocycles. The summed E-state index contributed by atoms with van der Waals surface area (Å²) in [6, 6.07) is 4.15. The molecule has 90 valence electrons. The minimum absolute atomic E-state index is 0. The van der Waals surface area contributed by atoms with Crippen molar-refractivity contribution in [1.29, 1.82) is 0 Å². The van der Waals surface area contributed by atoms with Crippen molar-refractivity contribution in [1.82, 2.24) is 0 Å². The molecule has 0 aromatic heterocycles. The Labute approximate surface area is 123 Å². The SMILES string of the molecule is CCOc1ccc(OCC)c(S(=O)(=O)[O-])c1.[Na+]. The molecule has 0 radical (unpaired) electrons. The van der Waals surface area contributed by atoms with E-state index in [1.807, 2.05) is 0 Å². The summed E-state index contributed by atoms with van der Waals surface area (Å²) in [6.45, 7) is 4.16. The van der Waals surface area contributed by atoms with Crippen LogP contribution in [0.25, 0.3) is 0 Å². The molecule has 1 aromatic carbocycles. The van der Waals surface area contributed by atoms with Crippen LogP contribution in [0.2, 0.25) is 0 Å². The molecule has 0 saturated heterocycles. The Morgan fingerprint density at radius 1 is 1.18 bits per heavy atom. The molecular formula is C10H13NaO5S. The molecule has 1 rings (SSSR count). The molecule has 0 aliphatic rings. The van der Waals surface area contributed by atoms with Crippen LogP contribution in [0.4, 0.5) is 0 Å². The van der Waals surface area contributed by atoms with Crippen molar-refractivity contribution < 1.29 is 52.0 Å². The topological polar surface area (TPSA) is 75.7 Å². The Morgan fingerprint density at radius 2 is 1.76 bits per heavy atom. The van der Waals surface area contributed by atoms with E-state index in [4.69, 9.17) is 9.47 Å². The molecule has 0 saturated carbocycles. The molecule has 0 amide bonds. The second-order valence-electron chi connectivity index (χ2n) is 2.93. The zero-order chi connectivity index (χ0) is 12.2. The van der Waals surface area contributed by atoms with Gasteiger partial charge in [-0.1, -0.05) is 0 Å². The van der Waals surface area contributed by atoms with E-state index in [-0.39, 0.29) is 46.8 Å². The number of ether oxygens (including phenoxy) is 2. The second-order valence-corrected chi connectivity index (χ2v) is 4.28. The Morgan fingerprint density at radius 3 is 2.24 bits per heavy atom. The summed E-state index contributed by atoms with van der Waals surface area (Å²) in [5, 5.41) is 0. The fraction of sp³-hybridized carbons (Fsp3) is 0.400. The molecule has 0 atom stereocenters. The van der Waals surface area contributed by atoms with Gasteiger partial charge >= 0.3 is 29.6 Å². The van der Waals surface area contributed by atoms with Gasteiger partial charge in [-0.25, -0.2) is 8.42 Å². The third-order valence-electron chi connectivity index (χ3n) is 1.80. The van der Waals surface area contributed by atoms with E-state index >= 15 is 0 Å². The van der Waals surface area contributed by atoms with Gasteiger partial charge in [0, 0.05) is 6.07 Å². The maximum atomic E-state index is 11.0. The van der Waals surface area contributed by atoms with E-state index in [1.165, 1.54) is 12.1 Å². The first-order valence-electron chi connectivity index (χ1n) is 4.84. The fourth-order valence-electron chi connectivity index (χ4n) is 1.21. The van der Waals surface area contributed by atoms with Gasteiger partial charge in [0.25, 0.3) is 0 Å². The van der Waals surface area contributed by atoms with Crippen LogP contribution in [-0.2, 0) is 10.1 Å². The van der Waals surface area contributed by atoms with Gasteiger partial charge < -0.3 is 14.0 Å². The third-order valence-corrected chi connectivity index (χ3v) is 2.65. The first-order chi connectivity index (χ1) is 7.49. The molecule has 0 fully saturated rings. The van der Waals surface area contributed by atoms with Crippen molar-refractivity contribution in [3.8, 4) is 11.5 Å². The van der Waals surface area contributed by atoms with Gasteiger partial charge in [-0.05, 0) is 26.0 Å². The van der Waals surface area contributed by atoms with E-state index in [9.17, 15) is 13.0 Å². The average molecular weight is 268 g/mol. The van der Waals surface area contributed by atoms with Gasteiger partial charge in [-0.2, -0.15) is 0 Å². The van der Waals surface area contributed by atoms with Crippen LogP contribution in [0, 0.1) is 0 Å². The van der Waals surface area contributed by atoms with Gasteiger partial charge in [-0.3, -0.25) is 0 Å². The Kier molecular flexibility index (Phi) is 7.11. The van der Waals surface area contributed by atoms with Crippen molar-refractivity contribution in [3.63, 3.8) is 0 Å². The molecule has 1 aromatic rings. The van der Waals surface area contributed by atoms with E-state index in [2.05, 4.69) is 0 Å². The smallest absolute Gasteiger partial charge is 0.744 e. The standard InChI is InChI=1S/C10H14O5S.Na/c1-3-14-8-5-6-9(15-4-2)10(7-8)16(11,12)13;/h5-7H,3-4H2,1-2H3,(H,11,12,13);/q;+1/p-1. The average Bonchev–Trinajstić information content (AvgIpc) is 2.19. The molecule has 5 nitrogen and oxygen atoms in total. The van der Waals surface area contributed by atoms with Gasteiger partial charge in [0.2, 0.25) is 0 Å². The second kappa shape index (κ2) is 7.23. The molecule has 0 heterocycles. The summed E-state index contributed by atoms with van der Waals surface area (Å²) in [5.74, 6) is 0.390. The maximum Gasteiger partial charge on any atom is 1.00 e. The van der Waals surface area contributed by atoms with Crippen molar-refractivity contribution >= 4 is 10.1 Å². The Bertz CT molecular complexity index is 458. The quantitative estimate of drug-likeness (QED) is 0.474. The number of benzene rings is 1. The zero-order valence-electron chi connectivity index (χ0n) is 10.1. The number of hydrogen-bond acceptors (Lipinski definition) is 5. The molecule has 0 unspecified atom stereocenters. The predicted octanol–water partition coefficient (Wildman–Crippen LogP) is -1.61. The summed E-state index contributed by atoms with van der Waals surface area (Å²) in [5.41, 5.74) is 0. The number of rotatable bonds is 5. The van der Waals surface area contributed by atoms with Crippen LogP contribution in [0.3, 0.4) is 0 Å². The van der Waals surface area contributed by atoms with Crippen LogP contribution in [0.15, 0.2) is 23.1 Å². The molecule has 0 bridgehead atoms. The molecule has 0 spiro atoms. The van der Waals surface area contributed by atoms with Crippen LogP contribution in [0.1, 0.15) is 13.8 Å². The van der Waals surface area contributed by atoms with Gasteiger partial charge in [-0.15, -0.1) is 0 Å². The largest absolute Gasteiger partial charge is 1.00 e. The van der Waals surface area contributed by atoms with E-state index in [1.54, 1.807) is 19.9 Å². The Balaban J connectivity index is 0.00000256. The van der Waals surface area contributed by atoms with Crippen LogP contribution < -0.4 is 39.0 Å². The molecule has 0 aliphatic carbocycles.